The molecule has 1 N–H and O–H groups in total. The Morgan fingerprint density at radius 2 is 2.04 bits per heavy atom. The van der Waals surface area contributed by atoms with Crippen LogP contribution < -0.4 is 10.2 Å². The number of hydrogen-bond acceptors (Lipinski definition) is 5. The summed E-state index contributed by atoms with van der Waals surface area (Å²) in [5.41, 5.74) is 0.281. The van der Waals surface area contributed by atoms with E-state index in [1.165, 1.54) is 18.7 Å². The SMILES string of the molecule is CCCOc1c[nH]c(CS(=O)C(CC)C(=O)OC2CCCCC2)cc1=O. The molecule has 0 amide bonds. The molecule has 0 bridgehead atoms. The van der Waals surface area contributed by atoms with Gasteiger partial charge in [0.25, 0.3) is 0 Å². The maximum Gasteiger partial charge on any atom is 0.321 e. The second kappa shape index (κ2) is 10.5. The van der Waals surface area contributed by atoms with Gasteiger partial charge in [-0.2, -0.15) is 0 Å². The van der Waals surface area contributed by atoms with E-state index < -0.39 is 16.0 Å². The molecule has 0 saturated heterocycles. The summed E-state index contributed by atoms with van der Waals surface area (Å²) in [4.78, 5) is 27.4. The molecule has 1 aliphatic rings. The van der Waals surface area contributed by atoms with Crippen LogP contribution in [-0.4, -0.2) is 33.1 Å². The number of hydrogen-bond donors (Lipinski definition) is 1. The van der Waals surface area contributed by atoms with Crippen molar-refractivity contribution in [3.05, 3.63) is 28.2 Å². The van der Waals surface area contributed by atoms with Crippen molar-refractivity contribution in [3.8, 4) is 5.75 Å². The lowest BCUT2D eigenvalue weighted by Crippen LogP contribution is -2.32. The molecule has 0 aliphatic heterocycles. The van der Waals surface area contributed by atoms with E-state index >= 15 is 0 Å². The first-order valence-electron chi connectivity index (χ1n) is 9.47. The highest BCUT2D eigenvalue weighted by molar-refractivity contribution is 7.85. The first kappa shape index (κ1) is 20.7. The van der Waals surface area contributed by atoms with Gasteiger partial charge in [0.15, 0.2) is 5.75 Å². The summed E-state index contributed by atoms with van der Waals surface area (Å²) < 4.78 is 23.6. The first-order chi connectivity index (χ1) is 12.5. The van der Waals surface area contributed by atoms with E-state index in [0.717, 1.165) is 32.1 Å². The number of carbonyl (C=O) groups is 1. The topological polar surface area (TPSA) is 85.5 Å². The molecule has 1 aromatic rings. The van der Waals surface area contributed by atoms with Gasteiger partial charge in [-0.05, 0) is 38.5 Å². The van der Waals surface area contributed by atoms with Gasteiger partial charge in [0.1, 0.15) is 11.4 Å². The van der Waals surface area contributed by atoms with Crippen molar-refractivity contribution in [3.63, 3.8) is 0 Å². The number of aromatic nitrogens is 1. The second-order valence-corrected chi connectivity index (χ2v) is 8.27. The number of aromatic amines is 1. The van der Waals surface area contributed by atoms with Gasteiger partial charge in [-0.3, -0.25) is 13.8 Å². The number of rotatable bonds is 9. The van der Waals surface area contributed by atoms with Crippen LogP contribution in [0.1, 0.15) is 64.5 Å². The summed E-state index contributed by atoms with van der Waals surface area (Å²) in [5.74, 6) is -0.0187. The predicted molar refractivity (Wildman–Crippen MR) is 102 cm³/mol. The van der Waals surface area contributed by atoms with Gasteiger partial charge < -0.3 is 14.5 Å². The third-order valence-electron chi connectivity index (χ3n) is 4.48. The molecule has 2 atom stereocenters. The van der Waals surface area contributed by atoms with Crippen molar-refractivity contribution in [2.24, 2.45) is 0 Å². The molecule has 2 rings (SSSR count). The Bertz CT molecular complexity index is 666. The average molecular weight is 384 g/mol. The maximum absolute atomic E-state index is 12.7. The third kappa shape index (κ3) is 5.97. The minimum Gasteiger partial charge on any atom is -0.488 e. The monoisotopic (exact) mass is 383 g/mol. The molecule has 2 unspecified atom stereocenters. The summed E-state index contributed by atoms with van der Waals surface area (Å²) in [6, 6.07) is 1.39. The summed E-state index contributed by atoms with van der Waals surface area (Å²) in [6.45, 7) is 4.26. The highest BCUT2D eigenvalue weighted by Crippen LogP contribution is 2.22. The number of esters is 1. The second-order valence-electron chi connectivity index (χ2n) is 6.65. The highest BCUT2D eigenvalue weighted by Gasteiger charge is 2.28. The van der Waals surface area contributed by atoms with E-state index in [4.69, 9.17) is 9.47 Å². The van der Waals surface area contributed by atoms with Gasteiger partial charge in [-0.15, -0.1) is 0 Å². The molecule has 1 fully saturated rings. The van der Waals surface area contributed by atoms with Crippen LogP contribution in [0.4, 0.5) is 0 Å². The van der Waals surface area contributed by atoms with Crippen LogP contribution in [0.5, 0.6) is 5.75 Å². The zero-order valence-electron chi connectivity index (χ0n) is 15.6. The van der Waals surface area contributed by atoms with Crippen molar-refractivity contribution >= 4 is 16.8 Å². The lowest BCUT2D eigenvalue weighted by molar-refractivity contribution is -0.149. The minimum absolute atomic E-state index is 0.0443. The van der Waals surface area contributed by atoms with Gasteiger partial charge in [0, 0.05) is 28.8 Å². The molecule has 1 aromatic heterocycles. The minimum atomic E-state index is -1.45. The zero-order chi connectivity index (χ0) is 18.9. The largest absolute Gasteiger partial charge is 0.488 e. The summed E-state index contributed by atoms with van der Waals surface area (Å²) >= 11 is 0. The molecule has 0 aromatic carbocycles. The smallest absolute Gasteiger partial charge is 0.321 e. The van der Waals surface area contributed by atoms with Gasteiger partial charge >= 0.3 is 5.97 Å². The third-order valence-corrected chi connectivity index (χ3v) is 6.24. The standard InChI is InChI=1S/C19H29NO5S/c1-3-10-24-17-12-20-14(11-16(17)21)13-26(23)18(4-2)19(22)25-15-8-6-5-7-9-15/h11-12,15,18H,3-10,13H2,1-2H3,(H,20,21). The quantitative estimate of drug-likeness (QED) is 0.663. The molecule has 6 nitrogen and oxygen atoms in total. The zero-order valence-corrected chi connectivity index (χ0v) is 16.4. The summed E-state index contributed by atoms with van der Waals surface area (Å²) in [6.07, 6.45) is 7.82. The molecule has 1 heterocycles. The highest BCUT2D eigenvalue weighted by atomic mass is 32.2. The van der Waals surface area contributed by atoms with Crippen LogP contribution in [0.3, 0.4) is 0 Å². The molecule has 1 aliphatic carbocycles. The van der Waals surface area contributed by atoms with Crippen LogP contribution in [0, 0.1) is 0 Å². The molecule has 146 valence electrons. The van der Waals surface area contributed by atoms with Crippen LogP contribution in [0.15, 0.2) is 17.1 Å². The summed E-state index contributed by atoms with van der Waals surface area (Å²) in [5, 5.41) is -0.670. The van der Waals surface area contributed by atoms with Gasteiger partial charge in [-0.25, -0.2) is 0 Å². The fraction of sp³-hybridized carbons (Fsp3) is 0.684. The molecule has 26 heavy (non-hydrogen) atoms. The van der Waals surface area contributed by atoms with Gasteiger partial charge in [0.05, 0.1) is 12.4 Å². The van der Waals surface area contributed by atoms with E-state index in [2.05, 4.69) is 4.98 Å². The van der Waals surface area contributed by atoms with Crippen molar-refractivity contribution in [1.29, 1.82) is 0 Å². The molecular formula is C19H29NO5S. The Labute approximate surface area is 157 Å². The summed E-state index contributed by atoms with van der Waals surface area (Å²) in [7, 11) is -1.45. The lowest BCUT2D eigenvalue weighted by Gasteiger charge is -2.24. The Morgan fingerprint density at radius 3 is 2.65 bits per heavy atom. The van der Waals surface area contributed by atoms with Crippen molar-refractivity contribution in [1.82, 2.24) is 4.98 Å². The normalized spacial score (nSPS) is 17.5. The maximum atomic E-state index is 12.7. The average Bonchev–Trinajstić information content (AvgIpc) is 2.62. The van der Waals surface area contributed by atoms with Crippen LogP contribution in [0.2, 0.25) is 0 Å². The number of H-pyrrole nitrogens is 1. The molecule has 1 saturated carbocycles. The number of nitrogens with one attached hydrogen (secondary N) is 1. The Hall–Kier alpha value is -1.63. The number of pyridine rings is 1. The van der Waals surface area contributed by atoms with Gasteiger partial charge in [0.2, 0.25) is 5.43 Å². The number of carbonyl (C=O) groups excluding carboxylic acids is 1. The van der Waals surface area contributed by atoms with E-state index in [1.54, 1.807) is 0 Å². The first-order valence-corrected chi connectivity index (χ1v) is 10.8. The fourth-order valence-electron chi connectivity index (χ4n) is 3.05. The Balaban J connectivity index is 1.96. The van der Waals surface area contributed by atoms with Crippen LogP contribution >= 0.6 is 0 Å². The molecule has 0 spiro atoms. The molecular weight excluding hydrogens is 354 g/mol. The predicted octanol–water partition coefficient (Wildman–Crippen LogP) is 3.07. The van der Waals surface area contributed by atoms with E-state index in [1.807, 2.05) is 13.8 Å². The van der Waals surface area contributed by atoms with E-state index in [0.29, 0.717) is 18.7 Å². The van der Waals surface area contributed by atoms with Crippen LogP contribution in [-0.2, 0) is 26.1 Å². The fourth-order valence-corrected chi connectivity index (χ4v) is 4.36. The molecule has 0 radical (unpaired) electrons. The van der Waals surface area contributed by atoms with E-state index in [-0.39, 0.29) is 29.0 Å². The van der Waals surface area contributed by atoms with Crippen molar-refractivity contribution < 1.29 is 18.5 Å². The van der Waals surface area contributed by atoms with Gasteiger partial charge in [-0.1, -0.05) is 20.3 Å². The van der Waals surface area contributed by atoms with Crippen LogP contribution in [0.25, 0.3) is 0 Å². The molecule has 7 heteroatoms. The van der Waals surface area contributed by atoms with Crippen molar-refractivity contribution in [2.75, 3.05) is 6.61 Å². The number of ether oxygens (including phenoxy) is 2. The Morgan fingerprint density at radius 1 is 1.31 bits per heavy atom. The van der Waals surface area contributed by atoms with E-state index in [9.17, 15) is 13.8 Å². The Kier molecular flexibility index (Phi) is 8.35. The lowest BCUT2D eigenvalue weighted by atomic mass is 9.98. The van der Waals surface area contributed by atoms with Crippen molar-refractivity contribution in [2.45, 2.75) is 75.9 Å².